The zero-order valence-electron chi connectivity index (χ0n) is 10.3. The summed E-state index contributed by atoms with van der Waals surface area (Å²) in [7, 11) is 0. The fraction of sp³-hybridized carbons (Fsp3) is 0.143. The summed E-state index contributed by atoms with van der Waals surface area (Å²) in [6.45, 7) is 3.56. The third-order valence-corrected chi connectivity index (χ3v) is 2.49. The molecular formula is C14H14N2O2. The van der Waals surface area contributed by atoms with Gasteiger partial charge in [0.25, 0.3) is 5.91 Å². The first-order valence-electron chi connectivity index (χ1n) is 5.61. The molecule has 18 heavy (non-hydrogen) atoms. The summed E-state index contributed by atoms with van der Waals surface area (Å²) in [5.74, 6) is -0.463. The van der Waals surface area contributed by atoms with Gasteiger partial charge in [0.1, 0.15) is 5.75 Å². The quantitative estimate of drug-likeness (QED) is 0.628. The molecule has 0 bridgehead atoms. The minimum atomic E-state index is -0.417. The first-order valence-corrected chi connectivity index (χ1v) is 5.61. The van der Waals surface area contributed by atoms with E-state index < -0.39 is 5.91 Å². The van der Waals surface area contributed by atoms with Gasteiger partial charge in [0, 0.05) is 5.71 Å². The number of amides is 1. The van der Waals surface area contributed by atoms with Crippen molar-refractivity contribution in [3.05, 3.63) is 42.0 Å². The van der Waals surface area contributed by atoms with E-state index in [9.17, 15) is 9.90 Å². The van der Waals surface area contributed by atoms with E-state index in [4.69, 9.17) is 0 Å². The Morgan fingerprint density at radius 1 is 1.17 bits per heavy atom. The average Bonchev–Trinajstić information content (AvgIpc) is 2.35. The molecule has 2 aromatic rings. The van der Waals surface area contributed by atoms with Crippen LogP contribution in [0.5, 0.6) is 5.75 Å². The zero-order chi connectivity index (χ0) is 13.1. The summed E-state index contributed by atoms with van der Waals surface area (Å²) in [5.41, 5.74) is 3.35. The fourth-order valence-electron chi connectivity index (χ4n) is 1.63. The Hall–Kier alpha value is -2.36. The highest BCUT2D eigenvalue weighted by Crippen LogP contribution is 2.24. The van der Waals surface area contributed by atoms with Gasteiger partial charge in [-0.3, -0.25) is 4.79 Å². The molecule has 0 radical (unpaired) electrons. The lowest BCUT2D eigenvalue weighted by Gasteiger charge is -2.05. The van der Waals surface area contributed by atoms with Crippen LogP contribution in [0.2, 0.25) is 0 Å². The second-order valence-corrected chi connectivity index (χ2v) is 4.22. The highest BCUT2D eigenvalue weighted by atomic mass is 16.3. The van der Waals surface area contributed by atoms with Crippen molar-refractivity contribution in [2.45, 2.75) is 13.8 Å². The summed E-state index contributed by atoms with van der Waals surface area (Å²) in [5, 5.41) is 15.5. The number of hydrogen-bond acceptors (Lipinski definition) is 3. The van der Waals surface area contributed by atoms with Crippen molar-refractivity contribution in [3.8, 4) is 5.75 Å². The summed E-state index contributed by atoms with van der Waals surface area (Å²) >= 11 is 0. The molecule has 0 aliphatic carbocycles. The van der Waals surface area contributed by atoms with Gasteiger partial charge in [0.15, 0.2) is 0 Å². The van der Waals surface area contributed by atoms with Crippen molar-refractivity contribution in [2.24, 2.45) is 5.10 Å². The maximum Gasteiger partial charge on any atom is 0.275 e. The number of fused-ring (bicyclic) bond motifs is 1. The van der Waals surface area contributed by atoms with E-state index in [0.717, 1.165) is 16.5 Å². The molecule has 0 heterocycles. The molecule has 0 saturated carbocycles. The van der Waals surface area contributed by atoms with Crippen LogP contribution in [0.25, 0.3) is 10.8 Å². The van der Waals surface area contributed by atoms with Gasteiger partial charge in [-0.15, -0.1) is 0 Å². The molecular weight excluding hydrogens is 228 g/mol. The minimum absolute atomic E-state index is 0.0462. The second-order valence-electron chi connectivity index (χ2n) is 4.22. The summed E-state index contributed by atoms with van der Waals surface area (Å²) < 4.78 is 0. The summed E-state index contributed by atoms with van der Waals surface area (Å²) in [6, 6.07) is 10.8. The molecule has 1 amide bonds. The molecule has 0 aliphatic rings. The van der Waals surface area contributed by atoms with Crippen LogP contribution in [0.1, 0.15) is 24.2 Å². The summed E-state index contributed by atoms with van der Waals surface area (Å²) in [6.07, 6.45) is 0. The number of hydrazone groups is 1. The van der Waals surface area contributed by atoms with Crippen molar-refractivity contribution < 1.29 is 9.90 Å². The topological polar surface area (TPSA) is 61.7 Å². The van der Waals surface area contributed by atoms with Crippen molar-refractivity contribution in [3.63, 3.8) is 0 Å². The predicted octanol–water partition coefficient (Wildman–Crippen LogP) is 2.67. The predicted molar refractivity (Wildman–Crippen MR) is 71.9 cm³/mol. The summed E-state index contributed by atoms with van der Waals surface area (Å²) in [4.78, 5) is 11.8. The standard InChI is InChI=1S/C14H14N2O2/c1-9(2)15-16-14(18)12-7-10-5-3-4-6-11(10)8-13(12)17/h3-8,17H,1-2H3,(H,16,18). The van der Waals surface area contributed by atoms with E-state index in [-0.39, 0.29) is 11.3 Å². The van der Waals surface area contributed by atoms with Gasteiger partial charge in [0.05, 0.1) is 5.56 Å². The van der Waals surface area contributed by atoms with Crippen molar-refractivity contribution in [1.82, 2.24) is 5.43 Å². The van der Waals surface area contributed by atoms with Gasteiger partial charge >= 0.3 is 0 Å². The Kier molecular flexibility index (Phi) is 3.28. The molecule has 2 aromatic carbocycles. The van der Waals surface area contributed by atoms with Gasteiger partial charge in [-0.05, 0) is 36.8 Å². The fourth-order valence-corrected chi connectivity index (χ4v) is 1.63. The Labute approximate surface area is 105 Å². The molecule has 0 unspecified atom stereocenters. The van der Waals surface area contributed by atoms with E-state index >= 15 is 0 Å². The lowest BCUT2D eigenvalue weighted by molar-refractivity contribution is 0.0952. The van der Waals surface area contributed by atoms with Gasteiger partial charge in [-0.25, -0.2) is 5.43 Å². The van der Waals surface area contributed by atoms with Gasteiger partial charge in [-0.2, -0.15) is 5.10 Å². The van der Waals surface area contributed by atoms with Crippen LogP contribution in [0.4, 0.5) is 0 Å². The van der Waals surface area contributed by atoms with Gasteiger partial charge in [-0.1, -0.05) is 24.3 Å². The van der Waals surface area contributed by atoms with E-state index in [1.165, 1.54) is 0 Å². The molecule has 0 aliphatic heterocycles. The van der Waals surface area contributed by atoms with E-state index in [1.54, 1.807) is 26.0 Å². The molecule has 0 fully saturated rings. The SMILES string of the molecule is CC(C)=NNC(=O)c1cc2ccccc2cc1O. The molecule has 4 nitrogen and oxygen atoms in total. The van der Waals surface area contributed by atoms with Crippen molar-refractivity contribution >= 4 is 22.4 Å². The largest absolute Gasteiger partial charge is 0.507 e. The maximum absolute atomic E-state index is 11.8. The van der Waals surface area contributed by atoms with Crippen LogP contribution in [0.3, 0.4) is 0 Å². The smallest absolute Gasteiger partial charge is 0.275 e. The third-order valence-electron chi connectivity index (χ3n) is 2.49. The molecule has 0 saturated heterocycles. The highest BCUT2D eigenvalue weighted by molar-refractivity contribution is 6.01. The van der Waals surface area contributed by atoms with Crippen LogP contribution in [-0.2, 0) is 0 Å². The van der Waals surface area contributed by atoms with Crippen molar-refractivity contribution in [1.29, 1.82) is 0 Å². The number of phenols is 1. The number of hydrogen-bond donors (Lipinski definition) is 2. The first kappa shape index (κ1) is 12.1. The number of nitrogens with one attached hydrogen (secondary N) is 1. The average molecular weight is 242 g/mol. The Morgan fingerprint density at radius 3 is 2.39 bits per heavy atom. The van der Waals surface area contributed by atoms with Crippen LogP contribution >= 0.6 is 0 Å². The zero-order valence-corrected chi connectivity index (χ0v) is 10.3. The monoisotopic (exact) mass is 242 g/mol. The number of phenolic OH excluding ortho intramolecular Hbond substituents is 1. The number of benzene rings is 2. The van der Waals surface area contributed by atoms with E-state index in [0.29, 0.717) is 0 Å². The normalized spacial score (nSPS) is 10.1. The third kappa shape index (κ3) is 2.48. The van der Waals surface area contributed by atoms with E-state index in [1.807, 2.05) is 24.3 Å². The number of aromatic hydroxyl groups is 1. The van der Waals surface area contributed by atoms with Gasteiger partial charge in [0.2, 0.25) is 0 Å². The second kappa shape index (κ2) is 4.87. The Balaban J connectivity index is 2.41. The molecule has 92 valence electrons. The van der Waals surface area contributed by atoms with Crippen LogP contribution in [-0.4, -0.2) is 16.7 Å². The maximum atomic E-state index is 11.8. The number of nitrogens with zero attached hydrogens (tertiary/aromatic N) is 1. The molecule has 0 aromatic heterocycles. The Bertz CT molecular complexity index is 629. The number of rotatable bonds is 2. The lowest BCUT2D eigenvalue weighted by Crippen LogP contribution is -2.18. The molecule has 0 spiro atoms. The molecule has 0 atom stereocenters. The van der Waals surface area contributed by atoms with Crippen LogP contribution < -0.4 is 5.43 Å². The Morgan fingerprint density at radius 2 is 1.78 bits per heavy atom. The van der Waals surface area contributed by atoms with Crippen LogP contribution in [0.15, 0.2) is 41.5 Å². The first-order chi connectivity index (χ1) is 8.58. The minimum Gasteiger partial charge on any atom is -0.507 e. The highest BCUT2D eigenvalue weighted by Gasteiger charge is 2.11. The van der Waals surface area contributed by atoms with Crippen LogP contribution in [0, 0.1) is 0 Å². The van der Waals surface area contributed by atoms with E-state index in [2.05, 4.69) is 10.5 Å². The van der Waals surface area contributed by atoms with Crippen molar-refractivity contribution in [2.75, 3.05) is 0 Å². The molecule has 2 rings (SSSR count). The molecule has 2 N–H and O–H groups in total. The molecule has 4 heteroatoms. The number of carbonyl (C=O) groups excluding carboxylic acids is 1. The lowest BCUT2D eigenvalue weighted by atomic mass is 10.1. The number of carbonyl (C=O) groups is 1. The van der Waals surface area contributed by atoms with Gasteiger partial charge < -0.3 is 5.11 Å².